The van der Waals surface area contributed by atoms with Crippen LogP contribution < -0.4 is 10.1 Å². The maximum Gasteiger partial charge on any atom is 0.322 e. The molecule has 0 radical (unpaired) electrons. The monoisotopic (exact) mass is 545 g/mol. The Kier molecular flexibility index (Phi) is 8.77. The molecular weight excluding hydrogens is 517 g/mol. The van der Waals surface area contributed by atoms with Gasteiger partial charge < -0.3 is 19.9 Å². The van der Waals surface area contributed by atoms with Crippen molar-refractivity contribution in [3.05, 3.63) is 80.0 Å². The van der Waals surface area contributed by atoms with E-state index in [0.29, 0.717) is 41.2 Å². The zero-order chi connectivity index (χ0) is 25.7. The number of urea groups is 1. The van der Waals surface area contributed by atoms with Crippen LogP contribution in [-0.4, -0.2) is 48.0 Å². The highest BCUT2D eigenvalue weighted by atomic mass is 35.5. The quantitative estimate of drug-likeness (QED) is 0.338. The number of ether oxygens (including phenoxy) is 1. The number of rotatable bonds is 8. The van der Waals surface area contributed by atoms with E-state index in [1.54, 1.807) is 40.5 Å². The Balaban J connectivity index is 1.48. The molecule has 0 bridgehead atoms. The SMILES string of the molecule is CCCN(CC(=O)N1CCc2sccc2[C@H]1COc1ccc(Cl)c(C)c1)C(=O)Nc1cccc(Cl)c1. The van der Waals surface area contributed by atoms with Crippen molar-refractivity contribution in [1.29, 1.82) is 0 Å². The van der Waals surface area contributed by atoms with Crippen molar-refractivity contribution in [2.75, 3.05) is 31.6 Å². The van der Waals surface area contributed by atoms with Crippen molar-refractivity contribution in [3.63, 3.8) is 0 Å². The first-order valence-corrected chi connectivity index (χ1v) is 13.6. The molecular formula is C27H29Cl2N3O3S. The van der Waals surface area contributed by atoms with Crippen molar-refractivity contribution in [1.82, 2.24) is 9.80 Å². The summed E-state index contributed by atoms with van der Waals surface area (Å²) in [7, 11) is 0. The van der Waals surface area contributed by atoms with Gasteiger partial charge in [-0.2, -0.15) is 0 Å². The molecule has 0 fully saturated rings. The molecule has 1 aromatic heterocycles. The van der Waals surface area contributed by atoms with Gasteiger partial charge in [0.1, 0.15) is 18.9 Å². The second-order valence-corrected chi connectivity index (χ2v) is 10.6. The Hall–Kier alpha value is -2.74. The Morgan fingerprint density at radius 2 is 2.03 bits per heavy atom. The van der Waals surface area contributed by atoms with Crippen LogP contribution in [-0.2, 0) is 11.2 Å². The summed E-state index contributed by atoms with van der Waals surface area (Å²) in [5.41, 5.74) is 2.63. The van der Waals surface area contributed by atoms with Gasteiger partial charge in [-0.15, -0.1) is 11.3 Å². The Bertz CT molecular complexity index is 1230. The second-order valence-electron chi connectivity index (χ2n) is 8.74. The maximum absolute atomic E-state index is 13.6. The molecule has 1 N–H and O–H groups in total. The van der Waals surface area contributed by atoms with Gasteiger partial charge >= 0.3 is 6.03 Å². The topological polar surface area (TPSA) is 61.9 Å². The number of amides is 3. The van der Waals surface area contributed by atoms with E-state index in [-0.39, 0.29) is 24.5 Å². The van der Waals surface area contributed by atoms with Crippen LogP contribution in [0.3, 0.4) is 0 Å². The maximum atomic E-state index is 13.6. The lowest BCUT2D eigenvalue weighted by Gasteiger charge is -2.37. The molecule has 1 aliphatic heterocycles. The minimum absolute atomic E-state index is 0.0176. The largest absolute Gasteiger partial charge is 0.491 e. The number of benzene rings is 2. The molecule has 2 aromatic carbocycles. The van der Waals surface area contributed by atoms with E-state index in [2.05, 4.69) is 16.8 Å². The van der Waals surface area contributed by atoms with Crippen LogP contribution in [0, 0.1) is 6.92 Å². The summed E-state index contributed by atoms with van der Waals surface area (Å²) in [5.74, 6) is 0.600. The predicted octanol–water partition coefficient (Wildman–Crippen LogP) is 6.81. The van der Waals surface area contributed by atoms with Gasteiger partial charge in [-0.1, -0.05) is 36.2 Å². The van der Waals surface area contributed by atoms with E-state index in [9.17, 15) is 9.59 Å². The third kappa shape index (κ3) is 6.33. The number of aryl methyl sites for hydroxylation is 1. The standard InChI is InChI=1S/C27H29Cl2N3O3S/c1-3-11-31(27(34)30-20-6-4-5-19(28)15-20)16-26(33)32-12-9-25-22(10-13-36-25)24(32)17-35-21-7-8-23(29)18(2)14-21/h4-8,10,13-15,24H,3,9,11-12,16-17H2,1-2H3,(H,30,34)/t24-/m1/s1. The van der Waals surface area contributed by atoms with Crippen molar-refractivity contribution >= 4 is 52.2 Å². The average Bonchev–Trinajstić information content (AvgIpc) is 3.33. The lowest BCUT2D eigenvalue weighted by atomic mass is 10.0. The van der Waals surface area contributed by atoms with Crippen LogP contribution >= 0.6 is 34.5 Å². The van der Waals surface area contributed by atoms with E-state index in [4.69, 9.17) is 27.9 Å². The van der Waals surface area contributed by atoms with Gasteiger partial charge in [-0.3, -0.25) is 4.79 Å². The lowest BCUT2D eigenvalue weighted by Crippen LogP contribution is -2.48. The molecule has 0 unspecified atom stereocenters. The molecule has 1 atom stereocenters. The predicted molar refractivity (Wildman–Crippen MR) is 146 cm³/mol. The number of carbonyl (C=O) groups excluding carboxylic acids is 2. The molecule has 9 heteroatoms. The fraction of sp³-hybridized carbons (Fsp3) is 0.333. The van der Waals surface area contributed by atoms with Crippen molar-refractivity contribution < 1.29 is 14.3 Å². The molecule has 1 aliphatic rings. The van der Waals surface area contributed by atoms with E-state index >= 15 is 0 Å². The molecule has 36 heavy (non-hydrogen) atoms. The highest BCUT2D eigenvalue weighted by Crippen LogP contribution is 2.34. The summed E-state index contributed by atoms with van der Waals surface area (Å²) in [6, 6.07) is 14.0. The molecule has 0 spiro atoms. The second kappa shape index (κ2) is 12.0. The van der Waals surface area contributed by atoms with E-state index < -0.39 is 0 Å². The van der Waals surface area contributed by atoms with E-state index in [1.165, 1.54) is 4.88 Å². The number of hydrogen-bond acceptors (Lipinski definition) is 4. The highest BCUT2D eigenvalue weighted by Gasteiger charge is 2.33. The molecule has 4 rings (SSSR count). The number of nitrogens with one attached hydrogen (secondary N) is 1. The third-order valence-corrected chi connectivity index (χ3v) is 7.79. The molecule has 3 amide bonds. The molecule has 6 nitrogen and oxygen atoms in total. The molecule has 0 aliphatic carbocycles. The molecule has 190 valence electrons. The minimum Gasteiger partial charge on any atom is -0.491 e. The highest BCUT2D eigenvalue weighted by molar-refractivity contribution is 7.10. The summed E-state index contributed by atoms with van der Waals surface area (Å²) in [4.78, 5) is 31.2. The van der Waals surface area contributed by atoms with Gasteiger partial charge in [-0.05, 0) is 78.7 Å². The number of nitrogens with zero attached hydrogens (tertiary/aromatic N) is 2. The molecule has 3 aromatic rings. The number of hydrogen-bond donors (Lipinski definition) is 1. The number of anilines is 1. The number of thiophene rings is 1. The fourth-order valence-electron chi connectivity index (χ4n) is 4.30. The van der Waals surface area contributed by atoms with E-state index in [1.807, 2.05) is 36.9 Å². The summed E-state index contributed by atoms with van der Waals surface area (Å²) in [6.45, 7) is 5.25. The Morgan fingerprint density at radius 1 is 1.19 bits per heavy atom. The van der Waals surface area contributed by atoms with Gasteiger partial charge in [0, 0.05) is 33.7 Å². The summed E-state index contributed by atoms with van der Waals surface area (Å²) < 4.78 is 6.12. The molecule has 0 saturated carbocycles. The van der Waals surface area contributed by atoms with Crippen LogP contribution in [0.2, 0.25) is 10.0 Å². The van der Waals surface area contributed by atoms with Gasteiger partial charge in [-0.25, -0.2) is 4.79 Å². The number of carbonyl (C=O) groups is 2. The summed E-state index contributed by atoms with van der Waals surface area (Å²) in [5, 5.41) is 6.12. The van der Waals surface area contributed by atoms with E-state index in [0.717, 1.165) is 24.0 Å². The summed E-state index contributed by atoms with van der Waals surface area (Å²) in [6.07, 6.45) is 1.52. The minimum atomic E-state index is -0.329. The van der Waals surface area contributed by atoms with Crippen LogP contribution in [0.4, 0.5) is 10.5 Å². The first kappa shape index (κ1) is 26.3. The zero-order valence-electron chi connectivity index (χ0n) is 20.3. The smallest absolute Gasteiger partial charge is 0.322 e. The van der Waals surface area contributed by atoms with Crippen LogP contribution in [0.25, 0.3) is 0 Å². The van der Waals surface area contributed by atoms with Gasteiger partial charge in [0.15, 0.2) is 0 Å². The number of halogens is 2. The van der Waals surface area contributed by atoms with Gasteiger partial charge in [0.2, 0.25) is 5.91 Å². The van der Waals surface area contributed by atoms with Crippen molar-refractivity contribution in [3.8, 4) is 5.75 Å². The molecule has 2 heterocycles. The normalized spacial score (nSPS) is 14.8. The van der Waals surface area contributed by atoms with Crippen LogP contribution in [0.15, 0.2) is 53.9 Å². The van der Waals surface area contributed by atoms with Gasteiger partial charge in [0.25, 0.3) is 0 Å². The average molecular weight is 547 g/mol. The molecule has 0 saturated heterocycles. The fourth-order valence-corrected chi connectivity index (χ4v) is 5.54. The first-order chi connectivity index (χ1) is 17.4. The number of fused-ring (bicyclic) bond motifs is 1. The third-order valence-electron chi connectivity index (χ3n) is 6.14. The Morgan fingerprint density at radius 3 is 2.78 bits per heavy atom. The van der Waals surface area contributed by atoms with Crippen LogP contribution in [0.5, 0.6) is 5.75 Å². The first-order valence-electron chi connectivity index (χ1n) is 11.9. The summed E-state index contributed by atoms with van der Waals surface area (Å²) >= 11 is 13.9. The lowest BCUT2D eigenvalue weighted by molar-refractivity contribution is -0.135. The van der Waals surface area contributed by atoms with Crippen molar-refractivity contribution in [2.45, 2.75) is 32.7 Å². The van der Waals surface area contributed by atoms with Gasteiger partial charge in [0.05, 0.1) is 6.04 Å². The van der Waals surface area contributed by atoms with Crippen LogP contribution in [0.1, 0.15) is 35.4 Å². The Labute approximate surface area is 225 Å². The zero-order valence-corrected chi connectivity index (χ0v) is 22.6. The van der Waals surface area contributed by atoms with Crippen molar-refractivity contribution in [2.24, 2.45) is 0 Å².